The molecule has 0 unspecified atom stereocenters. The van der Waals surface area contributed by atoms with E-state index in [1.54, 1.807) is 0 Å². The zero-order valence-corrected chi connectivity index (χ0v) is 33.3. The Morgan fingerprint density at radius 1 is 0.306 bits per heavy atom. The van der Waals surface area contributed by atoms with Crippen molar-refractivity contribution in [2.24, 2.45) is 0 Å². The van der Waals surface area contributed by atoms with Gasteiger partial charge in [-0.15, -0.1) is 0 Å². The van der Waals surface area contributed by atoms with Crippen LogP contribution in [0.25, 0.3) is 127 Å². The third kappa shape index (κ3) is 5.25. The third-order valence-corrected chi connectivity index (χ3v) is 12.4. The first kappa shape index (κ1) is 34.5. The normalized spacial score (nSPS) is 11.9. The fraction of sp³-hybridized carbons (Fsp3) is 0. The van der Waals surface area contributed by atoms with E-state index in [0.717, 1.165) is 71.5 Å². The molecule has 62 heavy (non-hydrogen) atoms. The number of para-hydroxylation sites is 2. The van der Waals surface area contributed by atoms with Gasteiger partial charge in [0.2, 0.25) is 0 Å². The van der Waals surface area contributed by atoms with Gasteiger partial charge in [0.15, 0.2) is 17.5 Å². The minimum Gasteiger partial charge on any atom is -0.456 e. The van der Waals surface area contributed by atoms with Crippen LogP contribution in [0.2, 0.25) is 0 Å². The summed E-state index contributed by atoms with van der Waals surface area (Å²) in [4.78, 5) is 16.1. The molecule has 0 fully saturated rings. The molecule has 3 heterocycles. The maximum Gasteiger partial charge on any atom is 0.164 e. The Morgan fingerprint density at radius 3 is 1.65 bits per heavy atom. The zero-order valence-electron chi connectivity index (χ0n) is 33.3. The van der Waals surface area contributed by atoms with Crippen LogP contribution >= 0.6 is 0 Å². The summed E-state index contributed by atoms with van der Waals surface area (Å²) in [5, 5.41) is 11.3. The fourth-order valence-corrected chi connectivity index (χ4v) is 9.68. The Balaban J connectivity index is 1.17. The Morgan fingerprint density at radius 2 is 0.871 bits per heavy atom. The summed E-state index contributed by atoms with van der Waals surface area (Å²) >= 11 is 0. The van der Waals surface area contributed by atoms with Gasteiger partial charge in [0.25, 0.3) is 0 Å². The number of hydrogen-bond donors (Lipinski definition) is 0. The van der Waals surface area contributed by atoms with Gasteiger partial charge >= 0.3 is 0 Å². The molecule has 0 spiro atoms. The molecule has 5 heteroatoms. The SMILES string of the molecule is c1ccc(-c2ccc3c(c2)c2ccccc2n3-c2cc(-c3nc(-c4ccccc4)nc(-c4cccc5oc6ccccc6c45)n3)c3c4ccccc4c4ccccc4c3c2)cc1. The Hall–Kier alpha value is -8.41. The molecular formula is C57H34N4O. The molecular weight excluding hydrogens is 757 g/mol. The number of hydrogen-bond acceptors (Lipinski definition) is 4. The average molecular weight is 791 g/mol. The van der Waals surface area contributed by atoms with Gasteiger partial charge in [-0.1, -0.05) is 164 Å². The number of rotatable bonds is 5. The van der Waals surface area contributed by atoms with Crippen LogP contribution in [0, 0.1) is 0 Å². The first-order valence-electron chi connectivity index (χ1n) is 20.9. The van der Waals surface area contributed by atoms with E-state index in [0.29, 0.717) is 17.5 Å². The van der Waals surface area contributed by atoms with Crippen molar-refractivity contribution in [3.63, 3.8) is 0 Å². The predicted octanol–water partition coefficient (Wildman–Crippen LogP) is 15.0. The lowest BCUT2D eigenvalue weighted by molar-refractivity contribution is 0.669. The van der Waals surface area contributed by atoms with Crippen molar-refractivity contribution in [1.29, 1.82) is 0 Å². The number of furan rings is 1. The van der Waals surface area contributed by atoms with Crippen molar-refractivity contribution >= 4 is 76.1 Å². The molecule has 0 amide bonds. The van der Waals surface area contributed by atoms with Crippen LogP contribution < -0.4 is 0 Å². The van der Waals surface area contributed by atoms with Crippen molar-refractivity contribution in [1.82, 2.24) is 19.5 Å². The van der Waals surface area contributed by atoms with Crippen LogP contribution in [0.1, 0.15) is 0 Å². The van der Waals surface area contributed by atoms with Crippen LogP contribution in [-0.2, 0) is 0 Å². The fourth-order valence-electron chi connectivity index (χ4n) is 9.68. The molecule has 3 aromatic heterocycles. The summed E-state index contributed by atoms with van der Waals surface area (Å²) < 4.78 is 8.78. The number of aromatic nitrogens is 4. The maximum absolute atomic E-state index is 6.38. The van der Waals surface area contributed by atoms with Gasteiger partial charge in [-0.2, -0.15) is 0 Å². The van der Waals surface area contributed by atoms with E-state index in [1.807, 2.05) is 48.5 Å². The van der Waals surface area contributed by atoms with Crippen LogP contribution in [0.15, 0.2) is 211 Å². The van der Waals surface area contributed by atoms with Gasteiger partial charge in [0, 0.05) is 49.3 Å². The molecule has 0 aliphatic heterocycles. The van der Waals surface area contributed by atoms with Gasteiger partial charge < -0.3 is 8.98 Å². The molecule has 0 aliphatic rings. The van der Waals surface area contributed by atoms with E-state index in [-0.39, 0.29) is 0 Å². The summed E-state index contributed by atoms with van der Waals surface area (Å²) in [5.74, 6) is 1.78. The van der Waals surface area contributed by atoms with E-state index in [9.17, 15) is 0 Å². The van der Waals surface area contributed by atoms with E-state index >= 15 is 0 Å². The summed E-state index contributed by atoms with van der Waals surface area (Å²) in [6, 6.07) is 72.8. The zero-order chi connectivity index (χ0) is 40.7. The molecule has 10 aromatic carbocycles. The molecule has 288 valence electrons. The van der Waals surface area contributed by atoms with Crippen LogP contribution in [-0.4, -0.2) is 19.5 Å². The van der Waals surface area contributed by atoms with Gasteiger partial charge in [0.1, 0.15) is 11.2 Å². The Labute approximate surface area is 355 Å². The number of fused-ring (bicyclic) bond motifs is 12. The van der Waals surface area contributed by atoms with Gasteiger partial charge in [-0.25, -0.2) is 15.0 Å². The predicted molar refractivity (Wildman–Crippen MR) is 256 cm³/mol. The highest BCUT2D eigenvalue weighted by Gasteiger charge is 2.23. The van der Waals surface area contributed by atoms with Gasteiger partial charge in [-0.3, -0.25) is 0 Å². The smallest absolute Gasteiger partial charge is 0.164 e. The van der Waals surface area contributed by atoms with Crippen molar-refractivity contribution in [2.75, 3.05) is 0 Å². The van der Waals surface area contributed by atoms with Gasteiger partial charge in [0.05, 0.1) is 11.0 Å². The van der Waals surface area contributed by atoms with Crippen molar-refractivity contribution in [3.05, 3.63) is 206 Å². The first-order chi connectivity index (χ1) is 30.7. The van der Waals surface area contributed by atoms with Crippen molar-refractivity contribution in [3.8, 4) is 51.0 Å². The molecule has 13 aromatic rings. The van der Waals surface area contributed by atoms with Crippen molar-refractivity contribution < 1.29 is 4.42 Å². The molecule has 5 nitrogen and oxygen atoms in total. The maximum atomic E-state index is 6.38. The lowest BCUT2D eigenvalue weighted by atomic mass is 9.91. The largest absolute Gasteiger partial charge is 0.456 e. The molecule has 0 N–H and O–H groups in total. The van der Waals surface area contributed by atoms with Crippen LogP contribution in [0.5, 0.6) is 0 Å². The Kier molecular flexibility index (Phi) is 7.54. The van der Waals surface area contributed by atoms with E-state index in [4.69, 9.17) is 19.4 Å². The second-order valence-corrected chi connectivity index (χ2v) is 15.9. The minimum absolute atomic E-state index is 0.583. The van der Waals surface area contributed by atoms with Crippen molar-refractivity contribution in [2.45, 2.75) is 0 Å². The van der Waals surface area contributed by atoms with Crippen LogP contribution in [0.4, 0.5) is 0 Å². The lowest BCUT2D eigenvalue weighted by Gasteiger charge is -2.18. The highest BCUT2D eigenvalue weighted by molar-refractivity contribution is 6.29. The summed E-state index contributed by atoms with van der Waals surface area (Å²) in [6.45, 7) is 0. The summed E-state index contributed by atoms with van der Waals surface area (Å²) in [5.41, 5.74) is 10.00. The van der Waals surface area contributed by atoms with Gasteiger partial charge in [-0.05, 0) is 80.5 Å². The summed E-state index contributed by atoms with van der Waals surface area (Å²) in [6.07, 6.45) is 0. The topological polar surface area (TPSA) is 56.7 Å². The van der Waals surface area contributed by atoms with E-state index < -0.39 is 0 Å². The molecule has 13 rings (SSSR count). The molecule has 0 saturated heterocycles. The van der Waals surface area contributed by atoms with E-state index in [1.165, 1.54) is 38.1 Å². The second-order valence-electron chi connectivity index (χ2n) is 15.9. The first-order valence-corrected chi connectivity index (χ1v) is 20.9. The Bertz CT molecular complexity index is 3920. The third-order valence-electron chi connectivity index (χ3n) is 12.4. The highest BCUT2D eigenvalue weighted by Crippen LogP contribution is 2.44. The number of nitrogens with zero attached hydrogens (tertiary/aromatic N) is 4. The molecule has 0 saturated carbocycles. The van der Waals surface area contributed by atoms with E-state index in [2.05, 4.69) is 162 Å². The lowest BCUT2D eigenvalue weighted by Crippen LogP contribution is -2.02. The second kappa shape index (κ2) is 13.6. The monoisotopic (exact) mass is 790 g/mol. The molecule has 0 aliphatic carbocycles. The quantitative estimate of drug-likeness (QED) is 0.163. The highest BCUT2D eigenvalue weighted by atomic mass is 16.3. The number of benzene rings is 10. The molecule has 0 atom stereocenters. The average Bonchev–Trinajstić information content (AvgIpc) is 3.90. The standard InChI is InChI=1S/C57H34N4O/c1-3-16-35(17-4-1)37-30-31-50-46(32-37)42-23-11-13-27-49(42)61(50)38-33-47-41-22-8-7-20-39(41)40-21-9-10-24-43(40)53(47)48(34-38)57-59-55(36-18-5-2-6-19-36)58-56(60-57)45-26-15-29-52-54(45)44-25-12-14-28-51(44)62-52/h1-34H. The van der Waals surface area contributed by atoms with Crippen LogP contribution in [0.3, 0.4) is 0 Å². The molecule has 0 radical (unpaired) electrons. The minimum atomic E-state index is 0.583. The summed E-state index contributed by atoms with van der Waals surface area (Å²) in [7, 11) is 0. The molecule has 0 bridgehead atoms.